The number of anilines is 2. The van der Waals surface area contributed by atoms with Crippen molar-refractivity contribution in [1.29, 1.82) is 0 Å². The molecule has 144 valence electrons. The minimum Gasteiger partial charge on any atom is -0.450 e. The highest BCUT2D eigenvalue weighted by Crippen LogP contribution is 2.25. The number of H-pyrrole nitrogens is 1. The number of carbonyl (C=O) groups excluding carboxylic acids is 1. The second-order valence-corrected chi connectivity index (χ2v) is 6.24. The number of nitrogens with one attached hydrogen (secondary N) is 1. The van der Waals surface area contributed by atoms with Crippen LogP contribution in [0.4, 0.5) is 16.4 Å². The van der Waals surface area contributed by atoms with E-state index in [1.807, 2.05) is 24.3 Å². The van der Waals surface area contributed by atoms with Crippen LogP contribution in [0.1, 0.15) is 9.78 Å². The summed E-state index contributed by atoms with van der Waals surface area (Å²) in [6.07, 6.45) is 1.38. The summed E-state index contributed by atoms with van der Waals surface area (Å²) in [6, 6.07) is 7.76. The van der Waals surface area contributed by atoms with Gasteiger partial charge in [0.1, 0.15) is 5.82 Å². The molecule has 9 heteroatoms. The quantitative estimate of drug-likeness (QED) is 0.726. The molecule has 0 unspecified atom stereocenters. The van der Waals surface area contributed by atoms with Crippen molar-refractivity contribution in [1.82, 2.24) is 24.8 Å². The van der Waals surface area contributed by atoms with Crippen molar-refractivity contribution in [3.8, 4) is 11.5 Å². The average Bonchev–Trinajstić information content (AvgIpc) is 3.12. The van der Waals surface area contributed by atoms with E-state index in [0.717, 1.165) is 11.0 Å². The number of ether oxygens (including phenoxy) is 1. The molecule has 4 rings (SSSR count). The Kier molecular flexibility index (Phi) is 4.49. The van der Waals surface area contributed by atoms with Crippen LogP contribution < -0.4 is 10.6 Å². The zero-order chi connectivity index (χ0) is 18.8. The lowest BCUT2D eigenvalue weighted by molar-refractivity contribution is 0.105. The van der Waals surface area contributed by atoms with Crippen LogP contribution in [0, 0.1) is 0 Å². The molecule has 9 nitrogen and oxygen atoms in total. The fourth-order valence-corrected chi connectivity index (χ4v) is 3.11. The van der Waals surface area contributed by atoms with Gasteiger partial charge < -0.3 is 25.3 Å². The van der Waals surface area contributed by atoms with Crippen LogP contribution in [0.25, 0.3) is 22.6 Å². The number of aromatic nitrogens is 4. The Labute approximate surface area is 159 Å². The van der Waals surface area contributed by atoms with Gasteiger partial charge in [-0.3, -0.25) is 0 Å². The van der Waals surface area contributed by atoms with E-state index in [0.29, 0.717) is 55.9 Å². The average molecular weight is 371 g/mol. The fraction of sp³-hybridized carbons (Fsp3) is 0.333. The molecule has 0 saturated carbocycles. The molecule has 2 aromatic heterocycles. The number of piperazine rings is 1. The van der Waals surface area contributed by atoms with Gasteiger partial charge in [-0.1, -0.05) is 12.1 Å². The number of hydrogen-bond acceptors (Lipinski definition) is 7. The Morgan fingerprint density at radius 3 is 2.78 bits per heavy atom. The van der Waals surface area contributed by atoms with Crippen LogP contribution in [-0.4, -0.2) is 63.7 Å². The Balaban J connectivity index is 0.00000150. The SMILES string of the molecule is CCOC(=O)N1CCN(c2cnc(N)c(-c3nc4ccccc4[nH]3)n2)CC1.[HH].[HH]. The molecule has 0 aliphatic carbocycles. The van der Waals surface area contributed by atoms with Gasteiger partial charge in [0.15, 0.2) is 17.3 Å². The molecule has 3 heterocycles. The maximum atomic E-state index is 11.8. The molecule has 3 N–H and O–H groups in total. The number of hydrogen-bond donors (Lipinski definition) is 2. The minimum atomic E-state index is -0.275. The van der Waals surface area contributed by atoms with Crippen molar-refractivity contribution in [2.24, 2.45) is 0 Å². The molecular formula is C18H25N7O2. The molecule has 1 aliphatic rings. The smallest absolute Gasteiger partial charge is 0.409 e. The number of nitrogen functional groups attached to an aromatic ring is 1. The van der Waals surface area contributed by atoms with Crippen molar-refractivity contribution in [2.75, 3.05) is 43.4 Å². The van der Waals surface area contributed by atoms with Crippen LogP contribution in [0.5, 0.6) is 0 Å². The number of fused-ring (bicyclic) bond motifs is 1. The predicted octanol–water partition coefficient (Wildman–Crippen LogP) is 2.37. The largest absolute Gasteiger partial charge is 0.450 e. The van der Waals surface area contributed by atoms with Gasteiger partial charge in [-0.2, -0.15) is 0 Å². The second kappa shape index (κ2) is 7.10. The van der Waals surface area contributed by atoms with Crippen LogP contribution >= 0.6 is 0 Å². The molecule has 0 atom stereocenters. The van der Waals surface area contributed by atoms with E-state index in [9.17, 15) is 4.79 Å². The van der Waals surface area contributed by atoms with Crippen molar-refractivity contribution in [2.45, 2.75) is 6.92 Å². The maximum absolute atomic E-state index is 11.8. The summed E-state index contributed by atoms with van der Waals surface area (Å²) in [7, 11) is 0. The monoisotopic (exact) mass is 371 g/mol. The summed E-state index contributed by atoms with van der Waals surface area (Å²) >= 11 is 0. The van der Waals surface area contributed by atoms with Gasteiger partial charge in [-0.25, -0.2) is 19.7 Å². The molecule has 3 aromatic rings. The van der Waals surface area contributed by atoms with Crippen LogP contribution in [-0.2, 0) is 4.74 Å². The first-order valence-electron chi connectivity index (χ1n) is 8.90. The highest BCUT2D eigenvalue weighted by molar-refractivity contribution is 5.80. The maximum Gasteiger partial charge on any atom is 0.409 e. The van der Waals surface area contributed by atoms with E-state index >= 15 is 0 Å². The highest BCUT2D eigenvalue weighted by atomic mass is 16.6. The van der Waals surface area contributed by atoms with E-state index in [4.69, 9.17) is 10.5 Å². The molecule has 1 saturated heterocycles. The Hall–Kier alpha value is -3.36. The molecule has 0 bridgehead atoms. The van der Waals surface area contributed by atoms with E-state index in [2.05, 4.69) is 24.8 Å². The number of nitrogens with zero attached hydrogens (tertiary/aromatic N) is 5. The van der Waals surface area contributed by atoms with Gasteiger partial charge in [0.2, 0.25) is 0 Å². The first-order valence-corrected chi connectivity index (χ1v) is 8.90. The number of para-hydroxylation sites is 2. The minimum absolute atomic E-state index is 0. The number of benzene rings is 1. The molecule has 1 aliphatic heterocycles. The molecule has 1 fully saturated rings. The lowest BCUT2D eigenvalue weighted by Gasteiger charge is -2.34. The first kappa shape index (κ1) is 17.1. The summed E-state index contributed by atoms with van der Waals surface area (Å²) in [6.45, 7) is 4.63. The number of nitrogens with two attached hydrogens (primary N) is 1. The normalized spacial score (nSPS) is 14.6. The fourth-order valence-electron chi connectivity index (χ4n) is 3.11. The van der Waals surface area contributed by atoms with Crippen molar-refractivity contribution in [3.05, 3.63) is 30.5 Å². The summed E-state index contributed by atoms with van der Waals surface area (Å²) in [4.78, 5) is 32.4. The van der Waals surface area contributed by atoms with E-state index in [1.165, 1.54) is 0 Å². The third kappa shape index (κ3) is 3.35. The van der Waals surface area contributed by atoms with Gasteiger partial charge in [0, 0.05) is 29.0 Å². The van der Waals surface area contributed by atoms with Crippen molar-refractivity contribution < 1.29 is 12.4 Å². The molecule has 1 amide bonds. The Morgan fingerprint density at radius 2 is 2.04 bits per heavy atom. The van der Waals surface area contributed by atoms with E-state index in [1.54, 1.807) is 18.0 Å². The predicted molar refractivity (Wildman–Crippen MR) is 107 cm³/mol. The molecule has 0 spiro atoms. The summed E-state index contributed by atoms with van der Waals surface area (Å²) in [5.74, 6) is 1.62. The zero-order valence-electron chi connectivity index (χ0n) is 15.1. The molecular weight excluding hydrogens is 346 g/mol. The summed E-state index contributed by atoms with van der Waals surface area (Å²) < 4.78 is 5.06. The number of carbonyl (C=O) groups is 1. The molecule has 27 heavy (non-hydrogen) atoms. The van der Waals surface area contributed by atoms with Gasteiger partial charge in [-0.05, 0) is 19.1 Å². The number of aromatic amines is 1. The standard InChI is InChI=1S/C18H21N7O2.2H2/c1-2-27-18(26)25-9-7-24(8-10-25)14-11-20-16(19)15(23-14)17-21-12-5-3-4-6-13(12)22-17;;/h3-6,11H,2,7-10H2,1H3,(H2,19,20)(H,21,22);2*1H. The van der Waals surface area contributed by atoms with Crippen LogP contribution in [0.2, 0.25) is 0 Å². The highest BCUT2D eigenvalue weighted by Gasteiger charge is 2.23. The van der Waals surface area contributed by atoms with E-state index in [-0.39, 0.29) is 8.95 Å². The van der Waals surface area contributed by atoms with Gasteiger partial charge in [0.05, 0.1) is 23.8 Å². The van der Waals surface area contributed by atoms with Crippen molar-refractivity contribution >= 4 is 28.8 Å². The number of imidazole rings is 1. The third-order valence-corrected chi connectivity index (χ3v) is 4.53. The lowest BCUT2D eigenvalue weighted by atomic mass is 10.3. The molecule has 1 aromatic carbocycles. The number of amides is 1. The van der Waals surface area contributed by atoms with Crippen LogP contribution in [0.3, 0.4) is 0 Å². The number of rotatable bonds is 3. The lowest BCUT2D eigenvalue weighted by Crippen LogP contribution is -2.49. The Morgan fingerprint density at radius 1 is 1.26 bits per heavy atom. The second-order valence-electron chi connectivity index (χ2n) is 6.24. The van der Waals surface area contributed by atoms with Gasteiger partial charge in [0.25, 0.3) is 0 Å². The van der Waals surface area contributed by atoms with Crippen molar-refractivity contribution in [3.63, 3.8) is 0 Å². The van der Waals surface area contributed by atoms with E-state index < -0.39 is 0 Å². The van der Waals surface area contributed by atoms with Gasteiger partial charge >= 0.3 is 6.09 Å². The van der Waals surface area contributed by atoms with Crippen LogP contribution in [0.15, 0.2) is 30.5 Å². The summed E-state index contributed by atoms with van der Waals surface area (Å²) in [5, 5.41) is 0. The topological polar surface area (TPSA) is 113 Å². The van der Waals surface area contributed by atoms with Gasteiger partial charge in [-0.15, -0.1) is 0 Å². The summed E-state index contributed by atoms with van der Waals surface area (Å²) in [5.41, 5.74) is 8.34. The third-order valence-electron chi connectivity index (χ3n) is 4.53. The zero-order valence-corrected chi connectivity index (χ0v) is 15.1. The molecule has 0 radical (unpaired) electrons. The first-order chi connectivity index (χ1) is 13.2. The Bertz CT molecular complexity index is 941.